The van der Waals surface area contributed by atoms with Crippen LogP contribution >= 0.6 is 15.9 Å². The topological polar surface area (TPSA) is 41.1 Å². The maximum absolute atomic E-state index is 12.0. The molecule has 0 atom stereocenters. The Bertz CT molecular complexity index is 794. The van der Waals surface area contributed by atoms with Crippen LogP contribution in [0.15, 0.2) is 71.2 Å². The number of carbonyl (C=O) groups is 1. The third kappa shape index (κ3) is 3.46. The van der Waals surface area contributed by atoms with Crippen molar-refractivity contribution in [3.63, 3.8) is 0 Å². The summed E-state index contributed by atoms with van der Waals surface area (Å²) in [5, 5.41) is 8.33. The van der Waals surface area contributed by atoms with E-state index in [1.807, 2.05) is 54.6 Å². The molecule has 1 amide bonds. The molecule has 0 unspecified atom stereocenters. The molecule has 0 aliphatic heterocycles. The lowest BCUT2D eigenvalue weighted by Gasteiger charge is -2.10. The van der Waals surface area contributed by atoms with Gasteiger partial charge in [-0.15, -0.1) is 0 Å². The highest BCUT2D eigenvalue weighted by molar-refractivity contribution is 9.10. The average Bonchev–Trinajstić information content (AvgIpc) is 2.55. The first-order valence-corrected chi connectivity index (χ1v) is 7.79. The first kappa shape index (κ1) is 14.6. The SMILES string of the molecule is O=C(CNc1cccc2ccccc12)Nc1ccc(Br)cc1. The number of hydrogen-bond acceptors (Lipinski definition) is 2. The summed E-state index contributed by atoms with van der Waals surface area (Å²) in [7, 11) is 0. The lowest BCUT2D eigenvalue weighted by atomic mass is 10.1. The second kappa shape index (κ2) is 6.62. The van der Waals surface area contributed by atoms with Gasteiger partial charge in [-0.1, -0.05) is 52.3 Å². The zero-order valence-electron chi connectivity index (χ0n) is 11.8. The quantitative estimate of drug-likeness (QED) is 0.715. The van der Waals surface area contributed by atoms with Crippen molar-refractivity contribution in [2.75, 3.05) is 17.2 Å². The molecule has 0 saturated carbocycles. The summed E-state index contributed by atoms with van der Waals surface area (Å²) in [5.41, 5.74) is 1.75. The molecule has 0 aliphatic rings. The molecule has 0 heterocycles. The summed E-state index contributed by atoms with van der Waals surface area (Å²) in [6, 6.07) is 21.6. The van der Waals surface area contributed by atoms with Gasteiger partial charge in [0.25, 0.3) is 0 Å². The monoisotopic (exact) mass is 354 g/mol. The van der Waals surface area contributed by atoms with Crippen molar-refractivity contribution < 1.29 is 4.79 Å². The van der Waals surface area contributed by atoms with Gasteiger partial charge in [0.05, 0.1) is 6.54 Å². The molecule has 0 aromatic heterocycles. The number of amides is 1. The van der Waals surface area contributed by atoms with Crippen LogP contribution in [-0.2, 0) is 4.79 Å². The Hall–Kier alpha value is -2.33. The zero-order chi connectivity index (χ0) is 15.4. The number of anilines is 2. The fourth-order valence-electron chi connectivity index (χ4n) is 2.29. The number of nitrogens with one attached hydrogen (secondary N) is 2. The van der Waals surface area contributed by atoms with Gasteiger partial charge in [-0.2, -0.15) is 0 Å². The van der Waals surface area contributed by atoms with Gasteiger partial charge >= 0.3 is 0 Å². The van der Waals surface area contributed by atoms with Crippen LogP contribution in [0, 0.1) is 0 Å². The summed E-state index contributed by atoms with van der Waals surface area (Å²) in [4.78, 5) is 12.0. The molecule has 0 radical (unpaired) electrons. The van der Waals surface area contributed by atoms with Crippen molar-refractivity contribution in [2.24, 2.45) is 0 Å². The van der Waals surface area contributed by atoms with Crippen LogP contribution in [0.4, 0.5) is 11.4 Å². The maximum Gasteiger partial charge on any atom is 0.243 e. The standard InChI is InChI=1S/C18H15BrN2O/c19-14-8-10-15(11-9-14)21-18(22)12-20-17-7-3-5-13-4-1-2-6-16(13)17/h1-11,20H,12H2,(H,21,22). The van der Waals surface area contributed by atoms with Crippen molar-refractivity contribution >= 4 is 44.0 Å². The van der Waals surface area contributed by atoms with Gasteiger partial charge in [-0.3, -0.25) is 4.79 Å². The summed E-state index contributed by atoms with van der Waals surface area (Å²) in [5.74, 6) is -0.0738. The van der Waals surface area contributed by atoms with Crippen LogP contribution in [0.25, 0.3) is 10.8 Å². The summed E-state index contributed by atoms with van der Waals surface area (Å²) in [6.45, 7) is 0.226. The van der Waals surface area contributed by atoms with E-state index in [-0.39, 0.29) is 12.5 Å². The minimum Gasteiger partial charge on any atom is -0.376 e. The lowest BCUT2D eigenvalue weighted by molar-refractivity contribution is -0.114. The molecule has 3 nitrogen and oxygen atoms in total. The Balaban J connectivity index is 1.66. The summed E-state index contributed by atoms with van der Waals surface area (Å²) < 4.78 is 0.986. The average molecular weight is 355 g/mol. The third-order valence-electron chi connectivity index (χ3n) is 3.36. The number of rotatable bonds is 4. The molecule has 3 rings (SSSR count). The largest absolute Gasteiger partial charge is 0.376 e. The highest BCUT2D eigenvalue weighted by Gasteiger charge is 2.04. The second-order valence-electron chi connectivity index (χ2n) is 4.94. The maximum atomic E-state index is 12.0. The fourth-order valence-corrected chi connectivity index (χ4v) is 2.56. The van der Waals surface area contributed by atoms with Crippen molar-refractivity contribution in [3.05, 3.63) is 71.2 Å². The normalized spacial score (nSPS) is 10.4. The molecule has 4 heteroatoms. The van der Waals surface area contributed by atoms with Crippen LogP contribution in [0.2, 0.25) is 0 Å². The minimum atomic E-state index is -0.0738. The van der Waals surface area contributed by atoms with Crippen LogP contribution in [0.5, 0.6) is 0 Å². The number of fused-ring (bicyclic) bond motifs is 1. The minimum absolute atomic E-state index is 0.0738. The summed E-state index contributed by atoms with van der Waals surface area (Å²) >= 11 is 3.37. The van der Waals surface area contributed by atoms with Gasteiger partial charge < -0.3 is 10.6 Å². The molecule has 3 aromatic rings. The van der Waals surface area contributed by atoms with E-state index >= 15 is 0 Å². The van der Waals surface area contributed by atoms with Crippen molar-refractivity contribution in [3.8, 4) is 0 Å². The van der Waals surface area contributed by atoms with E-state index < -0.39 is 0 Å². The van der Waals surface area contributed by atoms with E-state index in [2.05, 4.69) is 38.7 Å². The third-order valence-corrected chi connectivity index (χ3v) is 3.89. The smallest absolute Gasteiger partial charge is 0.243 e. The zero-order valence-corrected chi connectivity index (χ0v) is 13.4. The molecule has 0 bridgehead atoms. The van der Waals surface area contributed by atoms with E-state index in [0.717, 1.165) is 26.6 Å². The first-order chi connectivity index (χ1) is 10.7. The molecular weight excluding hydrogens is 340 g/mol. The molecule has 0 spiro atoms. The molecule has 22 heavy (non-hydrogen) atoms. The van der Waals surface area contributed by atoms with Crippen molar-refractivity contribution in [2.45, 2.75) is 0 Å². The van der Waals surface area contributed by atoms with Gasteiger partial charge in [-0.05, 0) is 35.7 Å². The first-order valence-electron chi connectivity index (χ1n) is 6.99. The van der Waals surface area contributed by atoms with Crippen LogP contribution in [-0.4, -0.2) is 12.5 Å². The van der Waals surface area contributed by atoms with Crippen LogP contribution in [0.1, 0.15) is 0 Å². The molecule has 0 aliphatic carbocycles. The van der Waals surface area contributed by atoms with E-state index in [4.69, 9.17) is 0 Å². The van der Waals surface area contributed by atoms with E-state index in [9.17, 15) is 4.79 Å². The molecular formula is C18H15BrN2O. The Morgan fingerprint density at radius 3 is 2.45 bits per heavy atom. The summed E-state index contributed by atoms with van der Waals surface area (Å²) in [6.07, 6.45) is 0. The van der Waals surface area contributed by atoms with E-state index in [1.165, 1.54) is 0 Å². The Labute approximate surface area is 137 Å². The van der Waals surface area contributed by atoms with Gasteiger partial charge in [0.15, 0.2) is 0 Å². The predicted molar refractivity (Wildman–Crippen MR) is 95.2 cm³/mol. The van der Waals surface area contributed by atoms with Crippen LogP contribution < -0.4 is 10.6 Å². The highest BCUT2D eigenvalue weighted by atomic mass is 79.9. The molecule has 110 valence electrons. The van der Waals surface area contributed by atoms with Crippen molar-refractivity contribution in [1.29, 1.82) is 0 Å². The van der Waals surface area contributed by atoms with Gasteiger partial charge in [0, 0.05) is 21.2 Å². The fraction of sp³-hybridized carbons (Fsp3) is 0.0556. The number of carbonyl (C=O) groups excluding carboxylic acids is 1. The molecule has 3 aromatic carbocycles. The van der Waals surface area contributed by atoms with Gasteiger partial charge in [-0.25, -0.2) is 0 Å². The predicted octanol–water partition coefficient (Wildman–Crippen LogP) is 4.65. The second-order valence-corrected chi connectivity index (χ2v) is 5.85. The number of halogens is 1. The molecule has 0 saturated heterocycles. The Morgan fingerprint density at radius 2 is 1.64 bits per heavy atom. The molecule has 2 N–H and O–H groups in total. The van der Waals surface area contributed by atoms with Crippen molar-refractivity contribution in [1.82, 2.24) is 0 Å². The molecule has 0 fully saturated rings. The van der Waals surface area contributed by atoms with Gasteiger partial charge in [0.1, 0.15) is 0 Å². The van der Waals surface area contributed by atoms with Crippen LogP contribution in [0.3, 0.4) is 0 Å². The van der Waals surface area contributed by atoms with E-state index in [0.29, 0.717) is 0 Å². The Kier molecular flexibility index (Phi) is 4.39. The van der Waals surface area contributed by atoms with E-state index in [1.54, 1.807) is 0 Å². The number of benzene rings is 3. The Morgan fingerprint density at radius 1 is 0.909 bits per heavy atom. The van der Waals surface area contributed by atoms with Gasteiger partial charge in [0.2, 0.25) is 5.91 Å². The highest BCUT2D eigenvalue weighted by Crippen LogP contribution is 2.22. The number of hydrogen-bond donors (Lipinski definition) is 2. The lowest BCUT2D eigenvalue weighted by Crippen LogP contribution is -2.21.